The van der Waals surface area contributed by atoms with Crippen LogP contribution in [0.4, 0.5) is 0 Å². The average Bonchev–Trinajstić information content (AvgIpc) is 3.37. The van der Waals surface area contributed by atoms with Gasteiger partial charge in [0.05, 0.1) is 7.11 Å². The van der Waals surface area contributed by atoms with E-state index in [1.807, 2.05) is 29.2 Å². The lowest BCUT2D eigenvalue weighted by Gasteiger charge is -2.17. The van der Waals surface area contributed by atoms with Gasteiger partial charge in [-0.15, -0.1) is 0 Å². The molecule has 1 aromatic carbocycles. The SMILES string of the molecule is COc1ccc(-c2noc(CCCC(=O)N3C[C@H]4CNC[C@H]4C3)n2)cc1. The largest absolute Gasteiger partial charge is 0.497 e. The number of carbonyl (C=O) groups is 1. The number of likely N-dealkylation sites (tertiary alicyclic amines) is 1. The van der Waals surface area contributed by atoms with Crippen LogP contribution in [0.15, 0.2) is 28.8 Å². The Morgan fingerprint density at radius 2 is 2.00 bits per heavy atom. The number of nitrogens with zero attached hydrogens (tertiary/aromatic N) is 3. The third kappa shape index (κ3) is 3.58. The highest BCUT2D eigenvalue weighted by molar-refractivity contribution is 5.76. The number of nitrogens with one attached hydrogen (secondary N) is 1. The standard InChI is InChI=1S/C19H24N4O3/c1-25-16-7-5-13(6-8-16)19-21-17(26-22-19)3-2-4-18(24)23-11-14-9-20-10-15(14)12-23/h5-8,14-15,20H,2-4,9-12H2,1H3/t14-,15+. The summed E-state index contributed by atoms with van der Waals surface area (Å²) >= 11 is 0. The molecule has 0 bridgehead atoms. The van der Waals surface area contributed by atoms with Crippen molar-refractivity contribution in [1.82, 2.24) is 20.4 Å². The predicted octanol–water partition coefficient (Wildman–Crippen LogP) is 1.75. The Balaban J connectivity index is 1.26. The second-order valence-corrected chi connectivity index (χ2v) is 7.07. The van der Waals surface area contributed by atoms with Crippen molar-refractivity contribution in [2.75, 3.05) is 33.3 Å². The van der Waals surface area contributed by atoms with Crippen molar-refractivity contribution < 1.29 is 14.1 Å². The molecule has 3 heterocycles. The second kappa shape index (κ2) is 7.45. The molecule has 4 rings (SSSR count). The summed E-state index contributed by atoms with van der Waals surface area (Å²) in [6.07, 6.45) is 1.89. The first-order chi connectivity index (χ1) is 12.7. The topological polar surface area (TPSA) is 80.5 Å². The highest BCUT2D eigenvalue weighted by Crippen LogP contribution is 2.27. The number of aryl methyl sites for hydroxylation is 1. The van der Waals surface area contributed by atoms with Gasteiger partial charge in [0.15, 0.2) is 0 Å². The van der Waals surface area contributed by atoms with Gasteiger partial charge < -0.3 is 19.5 Å². The van der Waals surface area contributed by atoms with Gasteiger partial charge in [0, 0.05) is 44.6 Å². The molecule has 1 amide bonds. The number of methoxy groups -OCH3 is 1. The van der Waals surface area contributed by atoms with E-state index in [0.717, 1.165) is 43.9 Å². The van der Waals surface area contributed by atoms with E-state index >= 15 is 0 Å². The molecule has 1 aromatic heterocycles. The Labute approximate surface area is 152 Å². The number of hydrogen-bond acceptors (Lipinski definition) is 6. The maximum Gasteiger partial charge on any atom is 0.226 e. The van der Waals surface area contributed by atoms with Crippen molar-refractivity contribution in [2.24, 2.45) is 11.8 Å². The van der Waals surface area contributed by atoms with E-state index in [4.69, 9.17) is 9.26 Å². The fraction of sp³-hybridized carbons (Fsp3) is 0.526. The molecule has 7 nitrogen and oxygen atoms in total. The zero-order chi connectivity index (χ0) is 17.9. The molecular weight excluding hydrogens is 332 g/mol. The number of benzene rings is 1. The quantitative estimate of drug-likeness (QED) is 0.849. The average molecular weight is 356 g/mol. The van der Waals surface area contributed by atoms with Gasteiger partial charge in [0.2, 0.25) is 17.6 Å². The van der Waals surface area contributed by atoms with E-state index in [1.54, 1.807) is 7.11 Å². The van der Waals surface area contributed by atoms with Gasteiger partial charge >= 0.3 is 0 Å². The summed E-state index contributed by atoms with van der Waals surface area (Å²) in [5.41, 5.74) is 0.883. The van der Waals surface area contributed by atoms with E-state index < -0.39 is 0 Å². The molecule has 2 aliphatic rings. The number of ether oxygens (including phenoxy) is 1. The summed E-state index contributed by atoms with van der Waals surface area (Å²) in [7, 11) is 1.63. The fourth-order valence-corrected chi connectivity index (χ4v) is 3.82. The van der Waals surface area contributed by atoms with Gasteiger partial charge in [-0.3, -0.25) is 4.79 Å². The molecule has 1 N–H and O–H groups in total. The summed E-state index contributed by atoms with van der Waals surface area (Å²) in [5, 5.41) is 7.42. The molecule has 0 aliphatic carbocycles. The van der Waals surface area contributed by atoms with Crippen molar-refractivity contribution in [3.8, 4) is 17.1 Å². The van der Waals surface area contributed by atoms with Crippen LogP contribution in [-0.4, -0.2) is 54.2 Å². The Kier molecular flexibility index (Phi) is 4.88. The number of aromatic nitrogens is 2. The van der Waals surface area contributed by atoms with Crippen LogP contribution in [0.3, 0.4) is 0 Å². The number of rotatable bonds is 6. The van der Waals surface area contributed by atoms with Crippen LogP contribution in [0.1, 0.15) is 18.7 Å². The van der Waals surface area contributed by atoms with Crippen LogP contribution in [0.2, 0.25) is 0 Å². The van der Waals surface area contributed by atoms with E-state index in [-0.39, 0.29) is 5.91 Å². The summed E-state index contributed by atoms with van der Waals surface area (Å²) < 4.78 is 10.5. The minimum Gasteiger partial charge on any atom is -0.497 e. The number of carbonyl (C=O) groups excluding carboxylic acids is 1. The number of amides is 1. The first-order valence-electron chi connectivity index (χ1n) is 9.18. The van der Waals surface area contributed by atoms with Crippen LogP contribution in [-0.2, 0) is 11.2 Å². The zero-order valence-electron chi connectivity index (χ0n) is 15.0. The number of fused-ring (bicyclic) bond motifs is 1. The molecule has 26 heavy (non-hydrogen) atoms. The highest BCUT2D eigenvalue weighted by atomic mass is 16.5. The lowest BCUT2D eigenvalue weighted by molar-refractivity contribution is -0.130. The lowest BCUT2D eigenvalue weighted by Crippen LogP contribution is -2.31. The lowest BCUT2D eigenvalue weighted by atomic mass is 10.0. The summed E-state index contributed by atoms with van der Waals surface area (Å²) in [6.45, 7) is 3.90. The molecule has 7 heteroatoms. The summed E-state index contributed by atoms with van der Waals surface area (Å²) in [5.74, 6) is 3.45. The third-order valence-corrected chi connectivity index (χ3v) is 5.34. The van der Waals surface area contributed by atoms with E-state index in [1.165, 1.54) is 0 Å². The van der Waals surface area contributed by atoms with Crippen LogP contribution in [0.25, 0.3) is 11.4 Å². The predicted molar refractivity (Wildman–Crippen MR) is 95.7 cm³/mol. The van der Waals surface area contributed by atoms with Gasteiger partial charge in [-0.05, 0) is 42.5 Å². The first kappa shape index (κ1) is 17.0. The van der Waals surface area contributed by atoms with Crippen molar-refractivity contribution in [3.63, 3.8) is 0 Å². The van der Waals surface area contributed by atoms with Crippen molar-refractivity contribution >= 4 is 5.91 Å². The molecule has 0 radical (unpaired) electrons. The van der Waals surface area contributed by atoms with Gasteiger partial charge in [-0.25, -0.2) is 0 Å². The van der Waals surface area contributed by atoms with E-state index in [2.05, 4.69) is 15.5 Å². The minimum atomic E-state index is 0.245. The van der Waals surface area contributed by atoms with Crippen LogP contribution in [0, 0.1) is 11.8 Å². The second-order valence-electron chi connectivity index (χ2n) is 7.07. The van der Waals surface area contributed by atoms with Gasteiger partial charge in [0.25, 0.3) is 0 Å². The van der Waals surface area contributed by atoms with Crippen molar-refractivity contribution in [2.45, 2.75) is 19.3 Å². The number of hydrogen-bond donors (Lipinski definition) is 1. The monoisotopic (exact) mass is 356 g/mol. The molecule has 2 aliphatic heterocycles. The van der Waals surface area contributed by atoms with E-state index in [9.17, 15) is 4.79 Å². The molecule has 2 aromatic rings. The maximum absolute atomic E-state index is 12.4. The minimum absolute atomic E-state index is 0.245. The molecule has 0 spiro atoms. The normalized spacial score (nSPS) is 21.8. The van der Waals surface area contributed by atoms with Crippen LogP contribution >= 0.6 is 0 Å². The molecule has 2 atom stereocenters. The summed E-state index contributed by atoms with van der Waals surface area (Å²) in [4.78, 5) is 18.8. The Morgan fingerprint density at radius 1 is 1.27 bits per heavy atom. The Morgan fingerprint density at radius 3 is 2.69 bits per heavy atom. The molecule has 2 saturated heterocycles. The molecular formula is C19H24N4O3. The van der Waals surface area contributed by atoms with Gasteiger partial charge in [-0.2, -0.15) is 4.98 Å². The van der Waals surface area contributed by atoms with E-state index in [0.29, 0.717) is 36.4 Å². The molecule has 0 unspecified atom stereocenters. The van der Waals surface area contributed by atoms with Gasteiger partial charge in [-0.1, -0.05) is 5.16 Å². The molecule has 138 valence electrons. The van der Waals surface area contributed by atoms with Crippen molar-refractivity contribution in [3.05, 3.63) is 30.2 Å². The highest BCUT2D eigenvalue weighted by Gasteiger charge is 2.37. The fourth-order valence-electron chi connectivity index (χ4n) is 3.82. The zero-order valence-corrected chi connectivity index (χ0v) is 15.0. The van der Waals surface area contributed by atoms with Crippen molar-refractivity contribution in [1.29, 1.82) is 0 Å². The Bertz CT molecular complexity index is 746. The first-order valence-corrected chi connectivity index (χ1v) is 9.18. The summed E-state index contributed by atoms with van der Waals surface area (Å²) in [6, 6.07) is 7.53. The molecule has 0 saturated carbocycles. The van der Waals surface area contributed by atoms with Crippen LogP contribution < -0.4 is 10.1 Å². The third-order valence-electron chi connectivity index (χ3n) is 5.34. The smallest absolute Gasteiger partial charge is 0.226 e. The maximum atomic E-state index is 12.4. The van der Waals surface area contributed by atoms with Gasteiger partial charge in [0.1, 0.15) is 5.75 Å². The molecule has 2 fully saturated rings. The Hall–Kier alpha value is -2.41. The van der Waals surface area contributed by atoms with Crippen LogP contribution in [0.5, 0.6) is 5.75 Å².